The van der Waals surface area contributed by atoms with Crippen molar-refractivity contribution < 1.29 is 19.1 Å². The summed E-state index contributed by atoms with van der Waals surface area (Å²) in [5.41, 5.74) is 1.38. The van der Waals surface area contributed by atoms with Crippen LogP contribution in [-0.2, 0) is 11.2 Å². The molecule has 2 rings (SSSR count). The third-order valence-corrected chi connectivity index (χ3v) is 3.06. The summed E-state index contributed by atoms with van der Waals surface area (Å²) in [6.45, 7) is 2.11. The lowest BCUT2D eigenvalue weighted by atomic mass is 10.2. The van der Waals surface area contributed by atoms with E-state index in [-0.39, 0.29) is 18.9 Å². The molecule has 112 valence electrons. The van der Waals surface area contributed by atoms with Gasteiger partial charge in [0.05, 0.1) is 5.69 Å². The molecule has 2 aromatic heterocycles. The van der Waals surface area contributed by atoms with E-state index in [1.54, 1.807) is 0 Å². The summed E-state index contributed by atoms with van der Waals surface area (Å²) in [5.74, 6) is -1.74. The number of carbonyl (C=O) groups excluding carboxylic acids is 1. The van der Waals surface area contributed by atoms with Crippen molar-refractivity contribution >= 4 is 17.5 Å². The summed E-state index contributed by atoms with van der Waals surface area (Å²) in [7, 11) is 0. The summed E-state index contributed by atoms with van der Waals surface area (Å²) in [6.07, 6.45) is 2.09. The molecule has 0 aliphatic heterocycles. The molecule has 0 aliphatic rings. The maximum Gasteiger partial charge on any atom is 0.303 e. The summed E-state index contributed by atoms with van der Waals surface area (Å²) < 4.78 is 14.8. The molecule has 0 aromatic carbocycles. The molecule has 6 nitrogen and oxygen atoms in total. The van der Waals surface area contributed by atoms with Crippen LogP contribution in [0.25, 0.3) is 5.65 Å². The topological polar surface area (TPSA) is 83.7 Å². The molecule has 7 heteroatoms. The van der Waals surface area contributed by atoms with Gasteiger partial charge in [-0.15, -0.1) is 0 Å². The minimum absolute atomic E-state index is 0.0112. The van der Waals surface area contributed by atoms with E-state index in [9.17, 15) is 14.0 Å². The minimum atomic E-state index is -0.907. The van der Waals surface area contributed by atoms with Crippen LogP contribution in [0.5, 0.6) is 0 Å². The van der Waals surface area contributed by atoms with Gasteiger partial charge in [-0.1, -0.05) is 6.92 Å². The van der Waals surface area contributed by atoms with Crippen LogP contribution in [0.2, 0.25) is 0 Å². The van der Waals surface area contributed by atoms with Crippen LogP contribution in [0.15, 0.2) is 18.3 Å². The first-order chi connectivity index (χ1) is 10.0. The Hall–Kier alpha value is -2.44. The number of aryl methyl sites for hydroxylation is 1. The third-order valence-electron chi connectivity index (χ3n) is 3.06. The number of pyridine rings is 1. The van der Waals surface area contributed by atoms with Crippen LogP contribution in [-0.4, -0.2) is 32.9 Å². The predicted molar refractivity (Wildman–Crippen MR) is 73.7 cm³/mol. The van der Waals surface area contributed by atoms with Gasteiger partial charge in [0.1, 0.15) is 17.2 Å². The van der Waals surface area contributed by atoms with Crippen molar-refractivity contribution in [3.05, 3.63) is 35.5 Å². The largest absolute Gasteiger partial charge is 0.481 e. The fourth-order valence-electron chi connectivity index (χ4n) is 2.08. The number of nitrogens with zero attached hydrogens (tertiary/aromatic N) is 2. The standard InChI is InChI=1S/C14H16FN3O3/c1-2-10-13(14(21)16-7-3-4-12(19)20)18-8-9(15)5-6-11(18)17-10/h5-6,8H,2-4,7H2,1H3,(H,16,21)(H,19,20). The van der Waals surface area contributed by atoms with Gasteiger partial charge in [0.25, 0.3) is 5.91 Å². The Kier molecular flexibility index (Phi) is 4.52. The quantitative estimate of drug-likeness (QED) is 0.793. The van der Waals surface area contributed by atoms with Gasteiger partial charge in [0, 0.05) is 19.2 Å². The van der Waals surface area contributed by atoms with Crippen molar-refractivity contribution in [3.8, 4) is 0 Å². The highest BCUT2D eigenvalue weighted by molar-refractivity contribution is 5.94. The molecule has 2 N–H and O–H groups in total. The lowest BCUT2D eigenvalue weighted by molar-refractivity contribution is -0.137. The van der Waals surface area contributed by atoms with Crippen LogP contribution in [0.1, 0.15) is 35.9 Å². The first-order valence-electron chi connectivity index (χ1n) is 6.69. The normalized spacial score (nSPS) is 10.8. The van der Waals surface area contributed by atoms with E-state index in [2.05, 4.69) is 10.3 Å². The van der Waals surface area contributed by atoms with E-state index in [0.717, 1.165) is 0 Å². The van der Waals surface area contributed by atoms with Gasteiger partial charge in [-0.25, -0.2) is 9.37 Å². The molecule has 0 atom stereocenters. The summed E-state index contributed by atoms with van der Waals surface area (Å²) in [5, 5.41) is 11.2. The first kappa shape index (κ1) is 15.0. The SMILES string of the molecule is CCc1nc2ccc(F)cn2c1C(=O)NCCCC(=O)O. The van der Waals surface area contributed by atoms with Crippen molar-refractivity contribution in [1.82, 2.24) is 14.7 Å². The number of carbonyl (C=O) groups is 2. The van der Waals surface area contributed by atoms with Gasteiger partial charge in [-0.3, -0.25) is 14.0 Å². The molecule has 0 aliphatic carbocycles. The Bertz CT molecular complexity index is 681. The number of carboxylic acids is 1. The van der Waals surface area contributed by atoms with Gasteiger partial charge >= 0.3 is 5.97 Å². The number of imidazole rings is 1. The molecule has 0 saturated carbocycles. The zero-order chi connectivity index (χ0) is 15.4. The number of hydrogen-bond donors (Lipinski definition) is 2. The van der Waals surface area contributed by atoms with E-state index >= 15 is 0 Å². The van der Waals surface area contributed by atoms with Crippen LogP contribution in [0.3, 0.4) is 0 Å². The number of carboxylic acid groups (broad SMARTS) is 1. The first-order valence-corrected chi connectivity index (χ1v) is 6.69. The second kappa shape index (κ2) is 6.34. The number of aliphatic carboxylic acids is 1. The van der Waals surface area contributed by atoms with Gasteiger partial charge in [0.2, 0.25) is 0 Å². The summed E-state index contributed by atoms with van der Waals surface area (Å²) in [4.78, 5) is 26.9. The molecular weight excluding hydrogens is 277 g/mol. The van der Waals surface area contributed by atoms with Crippen LogP contribution in [0.4, 0.5) is 4.39 Å². The Morgan fingerprint density at radius 3 is 2.86 bits per heavy atom. The number of nitrogens with one attached hydrogen (secondary N) is 1. The van der Waals surface area contributed by atoms with E-state index in [4.69, 9.17) is 5.11 Å². The van der Waals surface area contributed by atoms with E-state index in [1.165, 1.54) is 22.7 Å². The van der Waals surface area contributed by atoms with Crippen molar-refractivity contribution in [3.63, 3.8) is 0 Å². The molecule has 0 saturated heterocycles. The Labute approximate surface area is 120 Å². The zero-order valence-corrected chi connectivity index (χ0v) is 11.6. The number of halogens is 1. The number of amides is 1. The molecule has 1 amide bonds. The number of aromatic nitrogens is 2. The average molecular weight is 293 g/mol. The molecule has 2 aromatic rings. The highest BCUT2D eigenvalue weighted by atomic mass is 19.1. The van der Waals surface area contributed by atoms with Crippen LogP contribution < -0.4 is 5.32 Å². The number of hydrogen-bond acceptors (Lipinski definition) is 3. The summed E-state index contributed by atoms with van der Waals surface area (Å²) >= 11 is 0. The maximum atomic E-state index is 13.3. The molecule has 0 spiro atoms. The Morgan fingerprint density at radius 1 is 1.43 bits per heavy atom. The fraction of sp³-hybridized carbons (Fsp3) is 0.357. The van der Waals surface area contributed by atoms with Crippen molar-refractivity contribution in [2.75, 3.05) is 6.54 Å². The van der Waals surface area contributed by atoms with Gasteiger partial charge in [-0.2, -0.15) is 0 Å². The molecule has 21 heavy (non-hydrogen) atoms. The average Bonchev–Trinajstić information content (AvgIpc) is 2.80. The Morgan fingerprint density at radius 2 is 2.19 bits per heavy atom. The maximum absolute atomic E-state index is 13.3. The summed E-state index contributed by atoms with van der Waals surface area (Å²) in [6, 6.07) is 2.80. The number of rotatable bonds is 6. The highest BCUT2D eigenvalue weighted by Crippen LogP contribution is 2.14. The van der Waals surface area contributed by atoms with Crippen LogP contribution in [0, 0.1) is 5.82 Å². The van der Waals surface area contributed by atoms with Gasteiger partial charge in [0.15, 0.2) is 0 Å². The van der Waals surface area contributed by atoms with Crippen molar-refractivity contribution in [2.45, 2.75) is 26.2 Å². The van der Waals surface area contributed by atoms with Crippen molar-refractivity contribution in [1.29, 1.82) is 0 Å². The van der Waals surface area contributed by atoms with Crippen molar-refractivity contribution in [2.24, 2.45) is 0 Å². The molecule has 0 unspecified atom stereocenters. The minimum Gasteiger partial charge on any atom is -0.481 e. The molecule has 0 fully saturated rings. The predicted octanol–water partition coefficient (Wildman–Crippen LogP) is 1.63. The fourth-order valence-corrected chi connectivity index (χ4v) is 2.08. The second-order valence-electron chi connectivity index (χ2n) is 4.59. The second-order valence-corrected chi connectivity index (χ2v) is 4.59. The molecule has 0 radical (unpaired) electrons. The Balaban J connectivity index is 2.21. The third kappa shape index (κ3) is 3.36. The zero-order valence-electron chi connectivity index (χ0n) is 11.6. The highest BCUT2D eigenvalue weighted by Gasteiger charge is 2.18. The van der Waals surface area contributed by atoms with Crippen LogP contribution >= 0.6 is 0 Å². The molecule has 2 heterocycles. The van der Waals surface area contributed by atoms with E-state index in [1.807, 2.05) is 6.92 Å². The molecule has 0 bridgehead atoms. The van der Waals surface area contributed by atoms with Gasteiger partial charge < -0.3 is 10.4 Å². The molecular formula is C14H16FN3O3. The lowest BCUT2D eigenvalue weighted by Crippen LogP contribution is -2.27. The lowest BCUT2D eigenvalue weighted by Gasteiger charge is -2.06. The number of fused-ring (bicyclic) bond motifs is 1. The smallest absolute Gasteiger partial charge is 0.303 e. The van der Waals surface area contributed by atoms with E-state index < -0.39 is 11.8 Å². The van der Waals surface area contributed by atoms with Gasteiger partial charge in [-0.05, 0) is 25.0 Å². The van der Waals surface area contributed by atoms with E-state index in [0.29, 0.717) is 29.9 Å². The monoisotopic (exact) mass is 293 g/mol.